The van der Waals surface area contributed by atoms with Gasteiger partial charge in [0.1, 0.15) is 4.84 Å². The highest BCUT2D eigenvalue weighted by molar-refractivity contribution is 6.45. The molecule has 0 aliphatic carbocycles. The summed E-state index contributed by atoms with van der Waals surface area (Å²) in [5, 5.41) is 8.66. The minimum Gasteiger partial charge on any atom is -0.306 e. The molecule has 2 amide bonds. The number of carbonyl (C=O) groups is 1. The van der Waals surface area contributed by atoms with E-state index in [1.807, 2.05) is 62.4 Å². The van der Waals surface area contributed by atoms with Crippen LogP contribution in [0.1, 0.15) is 23.1 Å². The van der Waals surface area contributed by atoms with E-state index in [1.165, 1.54) is 10.6 Å². The van der Waals surface area contributed by atoms with Gasteiger partial charge >= 0.3 is 6.03 Å². The largest absolute Gasteiger partial charge is 0.342 e. The van der Waals surface area contributed by atoms with E-state index in [0.29, 0.717) is 12.1 Å². The number of amides is 2. The quantitative estimate of drug-likeness (QED) is 0.743. The molecule has 1 aliphatic heterocycles. The highest BCUT2D eigenvalue weighted by Gasteiger charge is 2.36. The zero-order valence-corrected chi connectivity index (χ0v) is 15.6. The molecule has 6 heteroatoms. The Bertz CT molecular complexity index is 785. The molecule has 0 bridgehead atoms. The molecule has 1 unspecified atom stereocenters. The highest BCUT2D eigenvalue weighted by Crippen LogP contribution is 2.28. The van der Waals surface area contributed by atoms with Crippen molar-refractivity contribution in [2.75, 3.05) is 5.32 Å². The first-order valence-electron chi connectivity index (χ1n) is 8.03. The lowest BCUT2D eigenvalue weighted by Gasteiger charge is -2.22. The molecule has 2 aromatic carbocycles. The lowest BCUT2D eigenvalue weighted by atomic mass is 10.0. The van der Waals surface area contributed by atoms with Gasteiger partial charge in [-0.2, -0.15) is 5.10 Å². The number of benzene rings is 2. The SMILES string of the molecule is Cc1ccc(NC(=O)N2N=C(c3ccc(C)cc3)CC2C(Cl)Cl)cc1. The number of anilines is 1. The van der Waals surface area contributed by atoms with Crippen molar-refractivity contribution in [2.45, 2.75) is 31.1 Å². The number of urea groups is 1. The minimum absolute atomic E-state index is 0.345. The molecule has 4 nitrogen and oxygen atoms in total. The van der Waals surface area contributed by atoms with Crippen LogP contribution in [0.5, 0.6) is 0 Å². The topological polar surface area (TPSA) is 44.7 Å². The summed E-state index contributed by atoms with van der Waals surface area (Å²) in [6, 6.07) is 14.8. The second-order valence-electron chi connectivity index (χ2n) is 6.16. The van der Waals surface area contributed by atoms with Crippen LogP contribution in [0.15, 0.2) is 53.6 Å². The van der Waals surface area contributed by atoms with Crippen molar-refractivity contribution in [3.63, 3.8) is 0 Å². The zero-order valence-electron chi connectivity index (χ0n) is 14.0. The fourth-order valence-electron chi connectivity index (χ4n) is 2.66. The minimum atomic E-state index is -0.726. The van der Waals surface area contributed by atoms with Gasteiger partial charge < -0.3 is 5.32 Å². The second kappa shape index (κ2) is 7.46. The lowest BCUT2D eigenvalue weighted by molar-refractivity contribution is 0.202. The number of aryl methyl sites for hydroxylation is 2. The van der Waals surface area contributed by atoms with Crippen molar-refractivity contribution in [3.8, 4) is 0 Å². The fraction of sp³-hybridized carbons (Fsp3) is 0.263. The van der Waals surface area contributed by atoms with E-state index in [1.54, 1.807) is 0 Å². The van der Waals surface area contributed by atoms with E-state index in [0.717, 1.165) is 16.8 Å². The van der Waals surface area contributed by atoms with Crippen LogP contribution in [0.4, 0.5) is 10.5 Å². The van der Waals surface area contributed by atoms with Gasteiger partial charge in [-0.25, -0.2) is 9.80 Å². The third-order valence-electron chi connectivity index (χ3n) is 4.13. The Balaban J connectivity index is 1.82. The van der Waals surface area contributed by atoms with Crippen molar-refractivity contribution < 1.29 is 4.79 Å². The summed E-state index contributed by atoms with van der Waals surface area (Å²) in [5.41, 5.74) is 4.76. The summed E-state index contributed by atoms with van der Waals surface area (Å²) in [7, 11) is 0. The van der Waals surface area contributed by atoms with Crippen LogP contribution in [-0.2, 0) is 0 Å². The van der Waals surface area contributed by atoms with Crippen LogP contribution in [0.3, 0.4) is 0 Å². The number of hydrazone groups is 1. The molecule has 0 aromatic heterocycles. The molecule has 1 heterocycles. The van der Waals surface area contributed by atoms with Gasteiger partial charge in [0.05, 0.1) is 11.8 Å². The number of carbonyl (C=O) groups excluding carboxylic acids is 1. The molecule has 2 aromatic rings. The summed E-state index contributed by atoms with van der Waals surface area (Å²) < 4.78 is 0. The molecule has 130 valence electrons. The maximum Gasteiger partial charge on any atom is 0.342 e. The second-order valence-corrected chi connectivity index (χ2v) is 7.32. The van der Waals surface area contributed by atoms with Crippen molar-refractivity contribution >= 4 is 40.6 Å². The van der Waals surface area contributed by atoms with Gasteiger partial charge in [-0.1, -0.05) is 47.5 Å². The van der Waals surface area contributed by atoms with E-state index in [9.17, 15) is 4.79 Å². The third-order valence-corrected chi connectivity index (χ3v) is 4.71. The molecule has 0 radical (unpaired) electrons. The Kier molecular flexibility index (Phi) is 5.30. The molecular weight excluding hydrogens is 357 g/mol. The molecule has 1 atom stereocenters. The first-order chi connectivity index (χ1) is 11.9. The van der Waals surface area contributed by atoms with Crippen molar-refractivity contribution in [1.82, 2.24) is 5.01 Å². The Labute approximate surface area is 157 Å². The summed E-state index contributed by atoms with van der Waals surface area (Å²) >= 11 is 12.2. The Morgan fingerprint density at radius 2 is 1.64 bits per heavy atom. The number of hydrogen-bond donors (Lipinski definition) is 1. The Morgan fingerprint density at radius 1 is 1.08 bits per heavy atom. The monoisotopic (exact) mass is 375 g/mol. The van der Waals surface area contributed by atoms with Crippen LogP contribution < -0.4 is 5.32 Å². The van der Waals surface area contributed by atoms with Crippen LogP contribution in [-0.4, -0.2) is 27.6 Å². The van der Waals surface area contributed by atoms with E-state index >= 15 is 0 Å². The maximum atomic E-state index is 12.6. The molecule has 0 spiro atoms. The van der Waals surface area contributed by atoms with Gasteiger partial charge in [0, 0.05) is 12.1 Å². The normalized spacial score (nSPS) is 16.9. The number of nitrogens with one attached hydrogen (secondary N) is 1. The number of hydrogen-bond acceptors (Lipinski definition) is 2. The van der Waals surface area contributed by atoms with Gasteiger partial charge in [0.15, 0.2) is 0 Å². The Hall–Kier alpha value is -2.04. The van der Waals surface area contributed by atoms with E-state index in [4.69, 9.17) is 23.2 Å². The van der Waals surface area contributed by atoms with Crippen molar-refractivity contribution in [1.29, 1.82) is 0 Å². The van der Waals surface area contributed by atoms with Crippen molar-refractivity contribution in [2.24, 2.45) is 5.10 Å². The van der Waals surface area contributed by atoms with Gasteiger partial charge in [-0.3, -0.25) is 0 Å². The smallest absolute Gasteiger partial charge is 0.306 e. The first kappa shape index (κ1) is 17.8. The average Bonchev–Trinajstić information content (AvgIpc) is 3.03. The molecule has 3 rings (SSSR count). The fourth-order valence-corrected chi connectivity index (χ4v) is 3.05. The zero-order chi connectivity index (χ0) is 18.0. The third kappa shape index (κ3) is 4.14. The Morgan fingerprint density at radius 3 is 2.20 bits per heavy atom. The summed E-state index contributed by atoms with van der Waals surface area (Å²) in [5.74, 6) is 0. The predicted octanol–water partition coefficient (Wildman–Crippen LogP) is 5.12. The molecule has 0 saturated carbocycles. The van der Waals surface area contributed by atoms with E-state index < -0.39 is 10.9 Å². The summed E-state index contributed by atoms with van der Waals surface area (Å²) in [6.45, 7) is 4.02. The summed E-state index contributed by atoms with van der Waals surface area (Å²) in [6.07, 6.45) is 0.516. The highest BCUT2D eigenvalue weighted by atomic mass is 35.5. The average molecular weight is 376 g/mol. The number of halogens is 2. The van der Waals surface area contributed by atoms with Crippen LogP contribution >= 0.6 is 23.2 Å². The van der Waals surface area contributed by atoms with Crippen LogP contribution in [0.2, 0.25) is 0 Å². The van der Waals surface area contributed by atoms with Crippen molar-refractivity contribution in [3.05, 3.63) is 65.2 Å². The van der Waals surface area contributed by atoms with Crippen LogP contribution in [0.25, 0.3) is 0 Å². The predicted molar refractivity (Wildman–Crippen MR) is 104 cm³/mol. The van der Waals surface area contributed by atoms with Gasteiger partial charge in [0.2, 0.25) is 0 Å². The number of nitrogens with zero attached hydrogens (tertiary/aromatic N) is 2. The maximum absolute atomic E-state index is 12.6. The number of alkyl halides is 2. The van der Waals surface area contributed by atoms with E-state index in [2.05, 4.69) is 10.4 Å². The lowest BCUT2D eigenvalue weighted by Crippen LogP contribution is -2.39. The van der Waals surface area contributed by atoms with Gasteiger partial charge in [0.25, 0.3) is 0 Å². The number of rotatable bonds is 3. The molecule has 0 saturated heterocycles. The van der Waals surface area contributed by atoms with Crippen LogP contribution in [0, 0.1) is 13.8 Å². The first-order valence-corrected chi connectivity index (χ1v) is 8.91. The van der Waals surface area contributed by atoms with Gasteiger partial charge in [-0.15, -0.1) is 23.2 Å². The molecule has 1 aliphatic rings. The molecule has 25 heavy (non-hydrogen) atoms. The molecular formula is C19H19Cl2N3O. The van der Waals surface area contributed by atoms with E-state index in [-0.39, 0.29) is 6.03 Å². The van der Waals surface area contributed by atoms with Gasteiger partial charge in [-0.05, 0) is 31.5 Å². The standard InChI is InChI=1S/C19H19Cl2N3O/c1-12-3-7-14(8-4-12)16-11-17(18(20)21)24(23-16)19(25)22-15-9-5-13(2)6-10-15/h3-10,17-18H,11H2,1-2H3,(H,22,25). The summed E-state index contributed by atoms with van der Waals surface area (Å²) in [4.78, 5) is 11.9. The molecule has 1 N–H and O–H groups in total. The molecule has 0 fully saturated rings.